The topological polar surface area (TPSA) is 3.24 Å². The number of allylic oxidation sites excluding steroid dienone is 4. The second-order valence-corrected chi connectivity index (χ2v) is 22.4. The highest BCUT2D eigenvalue weighted by Gasteiger charge is 2.24. The fourth-order valence-corrected chi connectivity index (χ4v) is 12.5. The fraction of sp³-hybridized carbons (Fsp3) is 0.173. The minimum atomic E-state index is 0.0805. The van der Waals surface area contributed by atoms with Gasteiger partial charge in [-0.3, -0.25) is 0 Å². The quantitative estimate of drug-likeness (QED) is 0.150. The first-order valence-corrected chi connectivity index (χ1v) is 28.4. The van der Waals surface area contributed by atoms with E-state index >= 15 is 0 Å². The molecule has 0 saturated heterocycles. The first kappa shape index (κ1) is 52.4. The fourth-order valence-electron chi connectivity index (χ4n) is 11.2. The van der Waals surface area contributed by atoms with Crippen molar-refractivity contribution in [3.63, 3.8) is 0 Å². The van der Waals surface area contributed by atoms with Crippen LogP contribution in [0.15, 0.2) is 224 Å². The summed E-state index contributed by atoms with van der Waals surface area (Å²) in [5.41, 5.74) is 19.3. The molecule has 77 heavy (non-hydrogen) atoms. The minimum absolute atomic E-state index is 0.0805. The van der Waals surface area contributed by atoms with E-state index in [1.54, 1.807) is 0 Å². The highest BCUT2D eigenvalue weighted by Crippen LogP contribution is 2.48. The largest absolute Gasteiger partial charge is 0.310 e. The standard InChI is InChI=1S/C47H41N.C19H16S.C7H8.C2H6/c1-30-27-44(42-26-24-35-29-36(47(4,5)6)28-34-23-25-38(30)46(42)45(34)35)48(37-17-11-8-12-18-37)43-22-14-21-41(32(43)3)40-20-13-19-39(31(40)2)33-15-9-7-10-16-33;1-13-7-5-11-16-17-12-6-10-15(19(17)20-18(13)16)14-8-3-2-4-9-14;1-7-5-3-2-4-6-7;1-2/h7-29H,1-6H3;3,5-12H,2,4H2,1H3;2-6H,1H3;1-2H3. The zero-order valence-electron chi connectivity index (χ0n) is 46.6. The van der Waals surface area contributed by atoms with E-state index in [4.69, 9.17) is 0 Å². The van der Waals surface area contributed by atoms with Crippen LogP contribution in [-0.2, 0) is 5.41 Å². The molecule has 1 heterocycles. The van der Waals surface area contributed by atoms with Crippen molar-refractivity contribution >= 4 is 86.5 Å². The Morgan fingerprint density at radius 3 is 1.64 bits per heavy atom. The van der Waals surface area contributed by atoms with Crippen LogP contribution in [0.3, 0.4) is 0 Å². The van der Waals surface area contributed by atoms with E-state index in [0.717, 1.165) is 12.1 Å². The molecule has 0 aliphatic heterocycles. The molecule has 0 N–H and O–H groups in total. The van der Waals surface area contributed by atoms with Gasteiger partial charge in [-0.1, -0.05) is 240 Å². The minimum Gasteiger partial charge on any atom is -0.310 e. The van der Waals surface area contributed by atoms with Crippen LogP contribution in [0.2, 0.25) is 0 Å². The van der Waals surface area contributed by atoms with Crippen LogP contribution in [0, 0.1) is 34.6 Å². The number of fused-ring (bicyclic) bond motifs is 3. The summed E-state index contributed by atoms with van der Waals surface area (Å²) in [5.74, 6) is 0. The highest BCUT2D eigenvalue weighted by atomic mass is 32.1. The van der Waals surface area contributed by atoms with E-state index in [0.29, 0.717) is 0 Å². The average Bonchev–Trinajstić information content (AvgIpc) is 4.00. The number of hydrogen-bond acceptors (Lipinski definition) is 2. The molecule has 0 fully saturated rings. The SMILES string of the molecule is CC.Cc1c(-c2ccccc2)cccc1-c1cccc(N(c2ccccc2)c2cc(C)c3ccc4cc(C(C)(C)C)cc5ccc2c3c45)c1C.Cc1cccc2c1sc1c(C3=CCCC=C3)cccc12.Cc1ccccc1. The number of aryl methyl sites for hydroxylation is 3. The molecule has 382 valence electrons. The van der Waals surface area contributed by atoms with Gasteiger partial charge in [0.15, 0.2) is 0 Å². The molecule has 0 saturated carbocycles. The smallest absolute Gasteiger partial charge is 0.0543 e. The Kier molecular flexibility index (Phi) is 15.4. The Morgan fingerprint density at radius 1 is 0.429 bits per heavy atom. The summed E-state index contributed by atoms with van der Waals surface area (Å²) < 4.78 is 2.85. The Morgan fingerprint density at radius 2 is 1.00 bits per heavy atom. The van der Waals surface area contributed by atoms with E-state index < -0.39 is 0 Å². The molecular weight excluding hydrogens is 947 g/mol. The van der Waals surface area contributed by atoms with Crippen molar-refractivity contribution in [2.75, 3.05) is 4.90 Å². The van der Waals surface area contributed by atoms with Gasteiger partial charge in [-0.2, -0.15) is 0 Å². The lowest BCUT2D eigenvalue weighted by Gasteiger charge is -2.30. The van der Waals surface area contributed by atoms with Gasteiger partial charge in [-0.15, -0.1) is 11.3 Å². The molecule has 0 radical (unpaired) electrons. The van der Waals surface area contributed by atoms with Crippen LogP contribution in [-0.4, -0.2) is 0 Å². The first-order chi connectivity index (χ1) is 37.4. The monoisotopic (exact) mass is 1020 g/mol. The molecule has 11 aromatic carbocycles. The van der Waals surface area contributed by atoms with Gasteiger partial charge in [-0.25, -0.2) is 0 Å². The molecule has 2 heteroatoms. The van der Waals surface area contributed by atoms with Gasteiger partial charge >= 0.3 is 0 Å². The Balaban J connectivity index is 0.000000189. The molecule has 0 spiro atoms. The molecule has 1 aromatic heterocycles. The molecule has 1 aliphatic carbocycles. The Labute approximate surface area is 461 Å². The van der Waals surface area contributed by atoms with E-state index in [2.05, 4.69) is 267 Å². The van der Waals surface area contributed by atoms with Crippen molar-refractivity contribution < 1.29 is 0 Å². The normalized spacial score (nSPS) is 12.2. The lowest BCUT2D eigenvalue weighted by atomic mass is 9.83. The third-order valence-corrected chi connectivity index (χ3v) is 16.6. The first-order valence-electron chi connectivity index (χ1n) is 27.6. The zero-order chi connectivity index (χ0) is 53.8. The van der Waals surface area contributed by atoms with Crippen LogP contribution in [0.4, 0.5) is 17.1 Å². The molecule has 0 amide bonds. The van der Waals surface area contributed by atoms with Gasteiger partial charge in [-0.05, 0) is 165 Å². The second kappa shape index (κ2) is 22.7. The number of hydrogen-bond donors (Lipinski definition) is 0. The van der Waals surface area contributed by atoms with Crippen molar-refractivity contribution in [1.82, 2.24) is 0 Å². The summed E-state index contributed by atoms with van der Waals surface area (Å²) in [6, 6.07) is 75.2. The second-order valence-electron chi connectivity index (χ2n) is 21.4. The van der Waals surface area contributed by atoms with Gasteiger partial charge in [0.1, 0.15) is 0 Å². The molecule has 0 unspecified atom stereocenters. The van der Waals surface area contributed by atoms with Crippen LogP contribution in [0.1, 0.15) is 86.4 Å². The molecule has 0 bridgehead atoms. The maximum absolute atomic E-state index is 2.48. The molecule has 0 atom stereocenters. The molecule has 13 rings (SSSR count). The third-order valence-electron chi connectivity index (χ3n) is 15.2. The number of benzene rings is 11. The predicted molar refractivity (Wildman–Crippen MR) is 342 cm³/mol. The lowest BCUT2D eigenvalue weighted by Crippen LogP contribution is -2.13. The van der Waals surface area contributed by atoms with Gasteiger partial charge in [0.05, 0.1) is 5.69 Å². The maximum Gasteiger partial charge on any atom is 0.0543 e. The highest BCUT2D eigenvalue weighted by molar-refractivity contribution is 7.26. The number of anilines is 3. The lowest BCUT2D eigenvalue weighted by molar-refractivity contribution is 0.591. The summed E-state index contributed by atoms with van der Waals surface area (Å²) in [4.78, 5) is 2.48. The van der Waals surface area contributed by atoms with Crippen LogP contribution in [0.25, 0.3) is 80.3 Å². The number of thiophene rings is 1. The van der Waals surface area contributed by atoms with E-state index in [9.17, 15) is 0 Å². The van der Waals surface area contributed by atoms with Crippen molar-refractivity contribution in [3.8, 4) is 22.3 Å². The van der Waals surface area contributed by atoms with E-state index in [1.165, 1.54) is 137 Å². The van der Waals surface area contributed by atoms with Crippen molar-refractivity contribution in [1.29, 1.82) is 0 Å². The summed E-state index contributed by atoms with van der Waals surface area (Å²) in [6.07, 6.45) is 9.26. The number of nitrogens with zero attached hydrogens (tertiary/aromatic N) is 1. The van der Waals surface area contributed by atoms with E-state index in [-0.39, 0.29) is 5.41 Å². The maximum atomic E-state index is 2.48. The summed E-state index contributed by atoms with van der Waals surface area (Å²) in [7, 11) is 0. The molecular formula is C75H71NS. The Hall–Kier alpha value is -8.04. The summed E-state index contributed by atoms with van der Waals surface area (Å²) in [6.45, 7) is 22.0. The van der Waals surface area contributed by atoms with Crippen molar-refractivity contribution in [2.24, 2.45) is 0 Å². The van der Waals surface area contributed by atoms with Crippen molar-refractivity contribution in [3.05, 3.63) is 263 Å². The zero-order valence-corrected chi connectivity index (χ0v) is 47.4. The molecule has 12 aromatic rings. The van der Waals surface area contributed by atoms with Crippen LogP contribution in [0.5, 0.6) is 0 Å². The predicted octanol–water partition coefficient (Wildman–Crippen LogP) is 22.7. The van der Waals surface area contributed by atoms with Crippen LogP contribution < -0.4 is 4.90 Å². The third kappa shape index (κ3) is 10.5. The van der Waals surface area contributed by atoms with Gasteiger partial charge in [0.2, 0.25) is 0 Å². The summed E-state index contributed by atoms with van der Waals surface area (Å²) >= 11 is 1.93. The van der Waals surface area contributed by atoms with Crippen LogP contribution >= 0.6 is 11.3 Å². The molecule has 1 nitrogen and oxygen atoms in total. The summed E-state index contributed by atoms with van der Waals surface area (Å²) in [5, 5.41) is 10.7. The Bertz CT molecular complexity index is 4050. The van der Waals surface area contributed by atoms with Gasteiger partial charge in [0.25, 0.3) is 0 Å². The van der Waals surface area contributed by atoms with Gasteiger partial charge in [0, 0.05) is 36.9 Å². The number of para-hydroxylation sites is 1. The van der Waals surface area contributed by atoms with E-state index in [1.807, 2.05) is 43.4 Å². The van der Waals surface area contributed by atoms with Crippen molar-refractivity contribution in [2.45, 2.75) is 87.5 Å². The molecule has 1 aliphatic rings. The van der Waals surface area contributed by atoms with Gasteiger partial charge < -0.3 is 4.90 Å². The average molecular weight is 1020 g/mol. The number of rotatable bonds is 6.